The lowest BCUT2D eigenvalue weighted by molar-refractivity contribution is 0.0777. The Morgan fingerprint density at radius 1 is 1.20 bits per heavy atom. The number of nitrogens with one attached hydrogen (secondary N) is 1. The van der Waals surface area contributed by atoms with E-state index in [4.69, 9.17) is 0 Å². The minimum atomic E-state index is -0.110. The number of nitrogens with zero attached hydrogens (tertiary/aromatic N) is 3. The number of hydrogen-bond donors (Lipinski definition) is 1. The van der Waals surface area contributed by atoms with Crippen LogP contribution >= 0.6 is 0 Å². The van der Waals surface area contributed by atoms with Gasteiger partial charge in [0.1, 0.15) is 5.69 Å². The van der Waals surface area contributed by atoms with Crippen LogP contribution in [0, 0.1) is 0 Å². The molecular formula is C19H22N4O2. The van der Waals surface area contributed by atoms with Crippen molar-refractivity contribution < 1.29 is 9.59 Å². The summed E-state index contributed by atoms with van der Waals surface area (Å²) in [6, 6.07) is 12.7. The highest BCUT2D eigenvalue weighted by Crippen LogP contribution is 2.16. The lowest BCUT2D eigenvalue weighted by Crippen LogP contribution is -2.38. The summed E-state index contributed by atoms with van der Waals surface area (Å²) < 4.78 is 0. The average Bonchev–Trinajstić information content (AvgIpc) is 3.10. The zero-order valence-electron chi connectivity index (χ0n) is 14.5. The Morgan fingerprint density at radius 2 is 2.04 bits per heavy atom. The van der Waals surface area contributed by atoms with Crippen LogP contribution in [-0.2, 0) is 0 Å². The Balaban J connectivity index is 1.60. The molecule has 0 bridgehead atoms. The van der Waals surface area contributed by atoms with Crippen LogP contribution < -0.4 is 10.2 Å². The van der Waals surface area contributed by atoms with Gasteiger partial charge in [0.05, 0.1) is 0 Å². The summed E-state index contributed by atoms with van der Waals surface area (Å²) in [4.78, 5) is 32.7. The molecule has 2 amide bonds. The molecule has 1 unspecified atom stereocenters. The SMILES string of the molecule is CN(C)c1cccc(C(=O)NC2CCN(C(=O)c3ccccn3)C2)c1. The molecule has 1 aromatic heterocycles. The molecule has 1 aromatic carbocycles. The van der Waals surface area contributed by atoms with Gasteiger partial charge in [0, 0.05) is 50.7 Å². The van der Waals surface area contributed by atoms with E-state index in [9.17, 15) is 9.59 Å². The first kappa shape index (κ1) is 17.0. The van der Waals surface area contributed by atoms with Crippen molar-refractivity contribution in [2.75, 3.05) is 32.1 Å². The van der Waals surface area contributed by atoms with Crippen LogP contribution in [0.1, 0.15) is 27.3 Å². The van der Waals surface area contributed by atoms with E-state index in [1.165, 1.54) is 0 Å². The van der Waals surface area contributed by atoms with E-state index in [0.29, 0.717) is 24.3 Å². The number of benzene rings is 1. The van der Waals surface area contributed by atoms with Crippen molar-refractivity contribution >= 4 is 17.5 Å². The molecule has 130 valence electrons. The molecule has 6 nitrogen and oxygen atoms in total. The molecule has 0 spiro atoms. The Hall–Kier alpha value is -2.89. The molecule has 6 heteroatoms. The van der Waals surface area contributed by atoms with Gasteiger partial charge in [-0.05, 0) is 36.8 Å². The lowest BCUT2D eigenvalue weighted by Gasteiger charge is -2.17. The predicted octanol–water partition coefficient (Wildman–Crippen LogP) is 1.79. The van der Waals surface area contributed by atoms with Gasteiger partial charge in [-0.1, -0.05) is 12.1 Å². The van der Waals surface area contributed by atoms with Crippen molar-refractivity contribution in [2.45, 2.75) is 12.5 Å². The van der Waals surface area contributed by atoms with Crippen LogP contribution in [-0.4, -0.2) is 54.9 Å². The van der Waals surface area contributed by atoms with Crippen LogP contribution in [0.3, 0.4) is 0 Å². The highest BCUT2D eigenvalue weighted by atomic mass is 16.2. The van der Waals surface area contributed by atoms with Gasteiger partial charge in [-0.25, -0.2) is 0 Å². The maximum atomic E-state index is 12.5. The van der Waals surface area contributed by atoms with Gasteiger partial charge >= 0.3 is 0 Å². The van der Waals surface area contributed by atoms with E-state index in [1.807, 2.05) is 37.2 Å². The smallest absolute Gasteiger partial charge is 0.272 e. The van der Waals surface area contributed by atoms with Crippen molar-refractivity contribution in [1.82, 2.24) is 15.2 Å². The summed E-state index contributed by atoms with van der Waals surface area (Å²) in [7, 11) is 3.88. The monoisotopic (exact) mass is 338 g/mol. The largest absolute Gasteiger partial charge is 0.378 e. The molecule has 1 atom stereocenters. The van der Waals surface area contributed by atoms with Gasteiger partial charge in [-0.3, -0.25) is 14.6 Å². The summed E-state index contributed by atoms with van der Waals surface area (Å²) in [5.74, 6) is -0.201. The van der Waals surface area contributed by atoms with E-state index in [1.54, 1.807) is 35.4 Å². The van der Waals surface area contributed by atoms with Crippen molar-refractivity contribution in [3.63, 3.8) is 0 Å². The Labute approximate surface area is 147 Å². The molecule has 1 saturated heterocycles. The first-order valence-corrected chi connectivity index (χ1v) is 8.33. The fraction of sp³-hybridized carbons (Fsp3) is 0.316. The number of carbonyl (C=O) groups excluding carboxylic acids is 2. The van der Waals surface area contributed by atoms with Crippen LogP contribution in [0.5, 0.6) is 0 Å². The molecule has 0 aliphatic carbocycles. The van der Waals surface area contributed by atoms with E-state index < -0.39 is 0 Å². The number of aromatic nitrogens is 1. The second-order valence-corrected chi connectivity index (χ2v) is 6.37. The van der Waals surface area contributed by atoms with Crippen LogP contribution in [0.4, 0.5) is 5.69 Å². The minimum absolute atomic E-state index is 0.0387. The Bertz CT molecular complexity index is 761. The third-order valence-electron chi connectivity index (χ3n) is 4.32. The molecule has 1 aliphatic heterocycles. The average molecular weight is 338 g/mol. The van der Waals surface area contributed by atoms with E-state index in [-0.39, 0.29) is 17.9 Å². The zero-order chi connectivity index (χ0) is 17.8. The summed E-state index contributed by atoms with van der Waals surface area (Å²) in [5.41, 5.74) is 2.04. The minimum Gasteiger partial charge on any atom is -0.378 e. The molecule has 3 rings (SSSR count). The maximum Gasteiger partial charge on any atom is 0.272 e. The molecule has 1 N–H and O–H groups in total. The maximum absolute atomic E-state index is 12.5. The Morgan fingerprint density at radius 3 is 2.76 bits per heavy atom. The number of carbonyl (C=O) groups is 2. The van der Waals surface area contributed by atoms with E-state index in [2.05, 4.69) is 10.3 Å². The van der Waals surface area contributed by atoms with Gasteiger partial charge < -0.3 is 15.1 Å². The molecular weight excluding hydrogens is 316 g/mol. The van der Waals surface area contributed by atoms with Crippen molar-refractivity contribution in [3.8, 4) is 0 Å². The number of anilines is 1. The lowest BCUT2D eigenvalue weighted by atomic mass is 10.1. The van der Waals surface area contributed by atoms with Crippen molar-refractivity contribution in [1.29, 1.82) is 0 Å². The summed E-state index contributed by atoms with van der Waals surface area (Å²) in [6.07, 6.45) is 2.36. The van der Waals surface area contributed by atoms with Gasteiger partial charge in [-0.15, -0.1) is 0 Å². The fourth-order valence-electron chi connectivity index (χ4n) is 2.91. The van der Waals surface area contributed by atoms with Crippen molar-refractivity contribution in [2.24, 2.45) is 0 Å². The molecule has 1 aliphatic rings. The number of hydrogen-bond acceptors (Lipinski definition) is 4. The van der Waals surface area contributed by atoms with Gasteiger partial charge in [-0.2, -0.15) is 0 Å². The Kier molecular flexibility index (Phi) is 4.97. The van der Waals surface area contributed by atoms with Crippen LogP contribution in [0.2, 0.25) is 0 Å². The second-order valence-electron chi connectivity index (χ2n) is 6.37. The van der Waals surface area contributed by atoms with Gasteiger partial charge in [0.25, 0.3) is 11.8 Å². The zero-order valence-corrected chi connectivity index (χ0v) is 14.5. The number of pyridine rings is 1. The number of rotatable bonds is 4. The topological polar surface area (TPSA) is 65.5 Å². The third kappa shape index (κ3) is 3.96. The fourth-order valence-corrected chi connectivity index (χ4v) is 2.91. The molecule has 25 heavy (non-hydrogen) atoms. The number of amides is 2. The second kappa shape index (κ2) is 7.34. The molecule has 2 aromatic rings. The third-order valence-corrected chi connectivity index (χ3v) is 4.32. The summed E-state index contributed by atoms with van der Waals surface area (Å²) >= 11 is 0. The first-order valence-electron chi connectivity index (χ1n) is 8.33. The van der Waals surface area contributed by atoms with Crippen LogP contribution in [0.25, 0.3) is 0 Å². The van der Waals surface area contributed by atoms with E-state index >= 15 is 0 Å². The standard InChI is InChI=1S/C19H22N4O2/c1-22(2)16-7-5-6-14(12-16)18(24)21-15-9-11-23(13-15)19(25)17-8-3-4-10-20-17/h3-8,10,12,15H,9,11,13H2,1-2H3,(H,21,24). The molecule has 2 heterocycles. The van der Waals surface area contributed by atoms with Gasteiger partial charge in [0.2, 0.25) is 0 Å². The predicted molar refractivity (Wildman–Crippen MR) is 96.8 cm³/mol. The van der Waals surface area contributed by atoms with Crippen LogP contribution in [0.15, 0.2) is 48.7 Å². The quantitative estimate of drug-likeness (QED) is 0.923. The van der Waals surface area contributed by atoms with Crippen molar-refractivity contribution in [3.05, 3.63) is 59.9 Å². The summed E-state index contributed by atoms with van der Waals surface area (Å²) in [5, 5.41) is 3.03. The first-order chi connectivity index (χ1) is 12.0. The highest BCUT2D eigenvalue weighted by Gasteiger charge is 2.28. The molecule has 0 radical (unpaired) electrons. The van der Waals surface area contributed by atoms with E-state index in [0.717, 1.165) is 12.1 Å². The molecule has 1 fully saturated rings. The number of likely N-dealkylation sites (tertiary alicyclic amines) is 1. The normalized spacial score (nSPS) is 16.6. The summed E-state index contributed by atoms with van der Waals surface area (Å²) in [6.45, 7) is 1.13. The van der Waals surface area contributed by atoms with Gasteiger partial charge in [0.15, 0.2) is 0 Å². The molecule has 0 saturated carbocycles. The highest BCUT2D eigenvalue weighted by molar-refractivity contribution is 5.95.